The van der Waals surface area contributed by atoms with Crippen LogP contribution in [0.25, 0.3) is 11.4 Å². The van der Waals surface area contributed by atoms with Crippen LogP contribution in [0.2, 0.25) is 0 Å². The van der Waals surface area contributed by atoms with Crippen molar-refractivity contribution in [3.63, 3.8) is 0 Å². The number of nitro benzene ring substituents is 1. The molecule has 2 atom stereocenters. The van der Waals surface area contributed by atoms with Gasteiger partial charge in [0.15, 0.2) is 0 Å². The lowest BCUT2D eigenvalue weighted by Gasteiger charge is -2.01. The molecule has 0 spiro atoms. The van der Waals surface area contributed by atoms with Crippen molar-refractivity contribution >= 4 is 5.69 Å². The number of nitro groups is 1. The number of aromatic nitrogens is 2. The normalized spacial score (nSPS) is 22.1. The van der Waals surface area contributed by atoms with Crippen LogP contribution in [-0.2, 0) is 0 Å². The molecule has 1 aliphatic rings. The number of hydrogen-bond acceptors (Lipinski definition) is 7. The van der Waals surface area contributed by atoms with Gasteiger partial charge in [-0.25, -0.2) is 0 Å². The van der Waals surface area contributed by atoms with Gasteiger partial charge in [-0.1, -0.05) is 17.3 Å². The second kappa shape index (κ2) is 4.99. The van der Waals surface area contributed by atoms with E-state index in [-0.39, 0.29) is 17.6 Å². The van der Waals surface area contributed by atoms with Crippen molar-refractivity contribution < 1.29 is 14.6 Å². The topological polar surface area (TPSA) is 114 Å². The van der Waals surface area contributed by atoms with Crippen LogP contribution in [0.3, 0.4) is 0 Å². The summed E-state index contributed by atoms with van der Waals surface area (Å²) in [5, 5.41) is 27.3. The van der Waals surface area contributed by atoms with E-state index in [0.717, 1.165) is 0 Å². The molecule has 8 nitrogen and oxygen atoms in total. The minimum atomic E-state index is -0.483. The van der Waals surface area contributed by atoms with Crippen LogP contribution >= 0.6 is 0 Å². The maximum atomic E-state index is 11.0. The van der Waals surface area contributed by atoms with E-state index in [2.05, 4.69) is 15.5 Å². The molecule has 1 aromatic heterocycles. The Morgan fingerprint density at radius 2 is 2.25 bits per heavy atom. The minimum absolute atomic E-state index is 0.0701. The summed E-state index contributed by atoms with van der Waals surface area (Å²) in [4.78, 5) is 14.7. The standard InChI is InChI=1S/C12H12N4O4/c17-7-5-9(13-6-7)12-14-11(15-20-12)8-3-1-2-4-10(8)16(18)19/h1-4,7,9,13,17H,5-6H2/t7-,9-/m0/s1. The van der Waals surface area contributed by atoms with Gasteiger partial charge in [-0.2, -0.15) is 4.98 Å². The largest absolute Gasteiger partial charge is 0.392 e. The smallest absolute Gasteiger partial charge is 0.280 e. The van der Waals surface area contributed by atoms with Crippen LogP contribution in [0, 0.1) is 10.1 Å². The first-order valence-corrected chi connectivity index (χ1v) is 6.14. The number of β-amino-alcohol motifs (C(OH)–C–C–N with tert-alkyl or cyclic N) is 1. The predicted octanol–water partition coefficient (Wildman–Crippen LogP) is 1.04. The molecule has 20 heavy (non-hydrogen) atoms. The van der Waals surface area contributed by atoms with Gasteiger partial charge in [0.25, 0.3) is 5.69 Å². The van der Waals surface area contributed by atoms with Gasteiger partial charge < -0.3 is 14.9 Å². The van der Waals surface area contributed by atoms with E-state index in [1.54, 1.807) is 18.2 Å². The van der Waals surface area contributed by atoms with E-state index in [1.165, 1.54) is 6.07 Å². The summed E-state index contributed by atoms with van der Waals surface area (Å²) in [7, 11) is 0. The quantitative estimate of drug-likeness (QED) is 0.635. The molecule has 0 bridgehead atoms. The van der Waals surface area contributed by atoms with Gasteiger partial charge in [0.1, 0.15) is 5.56 Å². The zero-order chi connectivity index (χ0) is 14.1. The molecule has 0 radical (unpaired) electrons. The Kier molecular flexibility index (Phi) is 3.17. The first-order chi connectivity index (χ1) is 9.65. The Morgan fingerprint density at radius 1 is 1.45 bits per heavy atom. The van der Waals surface area contributed by atoms with Crippen LogP contribution < -0.4 is 5.32 Å². The number of aliphatic hydroxyl groups excluding tert-OH is 1. The van der Waals surface area contributed by atoms with Crippen LogP contribution in [0.5, 0.6) is 0 Å². The van der Waals surface area contributed by atoms with Gasteiger partial charge in [-0.15, -0.1) is 0 Å². The van der Waals surface area contributed by atoms with E-state index < -0.39 is 11.0 Å². The van der Waals surface area contributed by atoms with Crippen molar-refractivity contribution in [3.8, 4) is 11.4 Å². The number of benzene rings is 1. The van der Waals surface area contributed by atoms with Gasteiger partial charge in [0.2, 0.25) is 11.7 Å². The molecular weight excluding hydrogens is 264 g/mol. The third-order valence-corrected chi connectivity index (χ3v) is 3.19. The zero-order valence-electron chi connectivity index (χ0n) is 10.4. The van der Waals surface area contributed by atoms with Gasteiger partial charge in [0, 0.05) is 12.6 Å². The van der Waals surface area contributed by atoms with Gasteiger partial charge >= 0.3 is 0 Å². The Labute approximate surface area is 113 Å². The maximum absolute atomic E-state index is 11.0. The van der Waals surface area contributed by atoms with Crippen molar-refractivity contribution in [1.29, 1.82) is 0 Å². The highest BCUT2D eigenvalue weighted by molar-refractivity contribution is 5.67. The fraction of sp³-hybridized carbons (Fsp3) is 0.333. The number of nitrogens with one attached hydrogen (secondary N) is 1. The maximum Gasteiger partial charge on any atom is 0.280 e. The number of para-hydroxylation sites is 1. The lowest BCUT2D eigenvalue weighted by molar-refractivity contribution is -0.384. The van der Waals surface area contributed by atoms with Crippen molar-refractivity contribution in [2.24, 2.45) is 0 Å². The predicted molar refractivity (Wildman–Crippen MR) is 67.8 cm³/mol. The van der Waals surface area contributed by atoms with Gasteiger partial charge in [-0.05, 0) is 12.5 Å². The van der Waals surface area contributed by atoms with E-state index >= 15 is 0 Å². The molecule has 0 unspecified atom stereocenters. The molecule has 1 aromatic carbocycles. The van der Waals surface area contributed by atoms with Crippen molar-refractivity contribution in [3.05, 3.63) is 40.3 Å². The van der Waals surface area contributed by atoms with Gasteiger partial charge in [-0.3, -0.25) is 10.1 Å². The van der Waals surface area contributed by atoms with E-state index in [1.807, 2.05) is 0 Å². The molecule has 0 amide bonds. The fourth-order valence-electron chi connectivity index (χ4n) is 2.21. The lowest BCUT2D eigenvalue weighted by atomic mass is 10.1. The summed E-state index contributed by atoms with van der Waals surface area (Å²) in [6.45, 7) is 0.466. The Balaban J connectivity index is 1.92. The second-order valence-corrected chi connectivity index (χ2v) is 4.58. The van der Waals surface area contributed by atoms with Crippen molar-refractivity contribution in [1.82, 2.24) is 15.5 Å². The third kappa shape index (κ3) is 2.26. The van der Waals surface area contributed by atoms with Crippen molar-refractivity contribution in [2.45, 2.75) is 18.6 Å². The fourth-order valence-corrected chi connectivity index (χ4v) is 2.21. The summed E-state index contributed by atoms with van der Waals surface area (Å²) in [6.07, 6.45) is 0.0415. The molecule has 104 valence electrons. The Morgan fingerprint density at radius 3 is 2.95 bits per heavy atom. The average molecular weight is 276 g/mol. The van der Waals surface area contributed by atoms with E-state index in [9.17, 15) is 15.2 Å². The van der Waals surface area contributed by atoms with E-state index in [4.69, 9.17) is 4.52 Å². The minimum Gasteiger partial charge on any atom is -0.392 e. The highest BCUT2D eigenvalue weighted by Crippen LogP contribution is 2.29. The van der Waals surface area contributed by atoms with Crippen LogP contribution in [0.1, 0.15) is 18.4 Å². The first-order valence-electron chi connectivity index (χ1n) is 6.14. The SMILES string of the molecule is O=[N+]([O-])c1ccccc1-c1noc([C@@H]2C[C@H](O)CN2)n1. The first kappa shape index (κ1) is 12.7. The summed E-state index contributed by atoms with van der Waals surface area (Å²) >= 11 is 0. The average Bonchev–Trinajstić information content (AvgIpc) is 3.07. The molecule has 2 heterocycles. The highest BCUT2D eigenvalue weighted by atomic mass is 16.6. The van der Waals surface area contributed by atoms with E-state index in [0.29, 0.717) is 24.4 Å². The third-order valence-electron chi connectivity index (χ3n) is 3.19. The Hall–Kier alpha value is -2.32. The highest BCUT2D eigenvalue weighted by Gasteiger charge is 2.29. The molecule has 2 N–H and O–H groups in total. The molecule has 0 saturated carbocycles. The molecular formula is C12H12N4O4. The van der Waals surface area contributed by atoms with Crippen LogP contribution in [-0.4, -0.2) is 32.8 Å². The number of aliphatic hydroxyl groups is 1. The lowest BCUT2D eigenvalue weighted by Crippen LogP contribution is -2.15. The van der Waals surface area contributed by atoms with Crippen LogP contribution in [0.15, 0.2) is 28.8 Å². The Bertz CT molecular complexity index is 642. The van der Waals surface area contributed by atoms with Crippen molar-refractivity contribution in [2.75, 3.05) is 6.54 Å². The number of nitrogens with zero attached hydrogens (tertiary/aromatic N) is 3. The molecule has 3 rings (SSSR count). The molecule has 1 fully saturated rings. The summed E-state index contributed by atoms with van der Waals surface area (Å²) in [5.74, 6) is 0.505. The molecule has 8 heteroatoms. The molecule has 0 aliphatic carbocycles. The molecule has 2 aromatic rings. The summed E-state index contributed by atoms with van der Waals surface area (Å²) in [5.41, 5.74) is 0.241. The number of hydrogen-bond donors (Lipinski definition) is 2. The summed E-state index contributed by atoms with van der Waals surface area (Å²) in [6, 6.07) is 6.01. The monoisotopic (exact) mass is 276 g/mol. The van der Waals surface area contributed by atoms with Gasteiger partial charge in [0.05, 0.1) is 17.1 Å². The number of rotatable bonds is 3. The molecule has 1 saturated heterocycles. The molecule has 1 aliphatic heterocycles. The zero-order valence-corrected chi connectivity index (χ0v) is 10.4. The second-order valence-electron chi connectivity index (χ2n) is 4.58. The summed E-state index contributed by atoms with van der Waals surface area (Å²) < 4.78 is 5.13. The van der Waals surface area contributed by atoms with Crippen LogP contribution in [0.4, 0.5) is 5.69 Å².